The molecule has 0 radical (unpaired) electrons. The molecule has 1 saturated heterocycles. The molecule has 3 heteroatoms. The van der Waals surface area contributed by atoms with Crippen LogP contribution in [-0.2, 0) is 4.79 Å². The number of ketones is 1. The van der Waals surface area contributed by atoms with E-state index in [1.165, 1.54) is 0 Å². The molecule has 1 fully saturated rings. The van der Waals surface area contributed by atoms with E-state index in [4.69, 9.17) is 0 Å². The van der Waals surface area contributed by atoms with Crippen molar-refractivity contribution in [2.75, 3.05) is 26.7 Å². The van der Waals surface area contributed by atoms with Gasteiger partial charge in [-0.3, -0.25) is 14.6 Å². The number of piperazine rings is 1. The molecule has 0 saturated carbocycles. The Morgan fingerprint density at radius 3 is 2.29 bits per heavy atom. The number of carbonyl (C=O) groups is 1. The fraction of sp³-hybridized carbons (Fsp3) is 0.909. The largest absolute Gasteiger partial charge is 0.298 e. The molecule has 1 aliphatic rings. The van der Waals surface area contributed by atoms with Crippen molar-refractivity contribution in [2.45, 2.75) is 39.3 Å². The van der Waals surface area contributed by atoms with Crippen LogP contribution < -0.4 is 0 Å². The Morgan fingerprint density at radius 1 is 1.29 bits per heavy atom. The molecule has 1 atom stereocenters. The molecule has 1 aliphatic heterocycles. The van der Waals surface area contributed by atoms with E-state index in [1.807, 2.05) is 7.05 Å². The lowest BCUT2D eigenvalue weighted by Crippen LogP contribution is -2.59. The number of rotatable bonds is 1. The van der Waals surface area contributed by atoms with Gasteiger partial charge in [-0.2, -0.15) is 0 Å². The molecule has 0 aliphatic carbocycles. The van der Waals surface area contributed by atoms with Crippen LogP contribution in [0.4, 0.5) is 0 Å². The minimum Gasteiger partial charge on any atom is -0.298 e. The third-order valence-electron chi connectivity index (χ3n) is 3.07. The van der Waals surface area contributed by atoms with E-state index in [1.54, 1.807) is 6.92 Å². The Balaban J connectivity index is 2.67. The molecule has 1 heterocycles. The summed E-state index contributed by atoms with van der Waals surface area (Å²) in [5, 5.41) is 0. The van der Waals surface area contributed by atoms with Crippen LogP contribution >= 0.6 is 0 Å². The van der Waals surface area contributed by atoms with Crippen LogP contribution in [0.15, 0.2) is 0 Å². The molecule has 0 aromatic heterocycles. The summed E-state index contributed by atoms with van der Waals surface area (Å²) in [6.45, 7) is 11.2. The molecule has 0 N–H and O–H groups in total. The fourth-order valence-corrected chi connectivity index (χ4v) is 1.92. The van der Waals surface area contributed by atoms with Gasteiger partial charge in [0.25, 0.3) is 0 Å². The third kappa shape index (κ3) is 2.55. The van der Waals surface area contributed by atoms with E-state index in [-0.39, 0.29) is 17.4 Å². The highest BCUT2D eigenvalue weighted by atomic mass is 16.1. The molecule has 3 nitrogen and oxygen atoms in total. The maximum atomic E-state index is 11.4. The summed E-state index contributed by atoms with van der Waals surface area (Å²) in [4.78, 5) is 16.0. The van der Waals surface area contributed by atoms with E-state index in [2.05, 4.69) is 30.6 Å². The van der Waals surface area contributed by atoms with Gasteiger partial charge in [-0.15, -0.1) is 0 Å². The monoisotopic (exact) mass is 198 g/mol. The zero-order chi connectivity index (χ0) is 10.9. The standard InChI is InChI=1S/C11H22N2O/c1-9(14)10-8-13(11(2,3)4)7-6-12(10)5/h10H,6-8H2,1-5H3. The van der Waals surface area contributed by atoms with Gasteiger partial charge in [-0.1, -0.05) is 0 Å². The van der Waals surface area contributed by atoms with Crippen molar-refractivity contribution in [1.82, 2.24) is 9.80 Å². The second-order valence-corrected chi connectivity index (χ2v) is 5.22. The summed E-state index contributed by atoms with van der Waals surface area (Å²) in [7, 11) is 2.03. The molecule has 14 heavy (non-hydrogen) atoms. The van der Waals surface area contributed by atoms with Gasteiger partial charge in [-0.05, 0) is 34.7 Å². The quantitative estimate of drug-likeness (QED) is 0.628. The molecule has 0 aromatic carbocycles. The van der Waals surface area contributed by atoms with Gasteiger partial charge < -0.3 is 0 Å². The van der Waals surface area contributed by atoms with Crippen molar-refractivity contribution in [3.63, 3.8) is 0 Å². The van der Waals surface area contributed by atoms with Gasteiger partial charge >= 0.3 is 0 Å². The molecule has 0 bridgehead atoms. The fourth-order valence-electron chi connectivity index (χ4n) is 1.92. The van der Waals surface area contributed by atoms with Gasteiger partial charge in [0.2, 0.25) is 0 Å². The highest BCUT2D eigenvalue weighted by Gasteiger charge is 2.32. The summed E-state index contributed by atoms with van der Waals surface area (Å²) >= 11 is 0. The first kappa shape index (κ1) is 11.7. The zero-order valence-corrected chi connectivity index (χ0v) is 10.0. The van der Waals surface area contributed by atoms with Gasteiger partial charge in [0.1, 0.15) is 5.78 Å². The molecule has 0 aromatic rings. The summed E-state index contributed by atoms with van der Waals surface area (Å²) in [5.41, 5.74) is 0.176. The van der Waals surface area contributed by atoms with Gasteiger partial charge in [0.15, 0.2) is 0 Å². The van der Waals surface area contributed by atoms with Crippen molar-refractivity contribution in [3.8, 4) is 0 Å². The minimum absolute atomic E-state index is 0.0861. The predicted octanol–water partition coefficient (Wildman–Crippen LogP) is 0.990. The third-order valence-corrected chi connectivity index (χ3v) is 3.07. The molecule has 82 valence electrons. The molecular formula is C11H22N2O. The Hall–Kier alpha value is -0.410. The van der Waals surface area contributed by atoms with Crippen molar-refractivity contribution in [3.05, 3.63) is 0 Å². The van der Waals surface area contributed by atoms with Crippen LogP contribution in [0.5, 0.6) is 0 Å². The summed E-state index contributed by atoms with van der Waals surface area (Å²) in [6.07, 6.45) is 0. The van der Waals surface area contributed by atoms with Crippen LogP contribution in [0.1, 0.15) is 27.7 Å². The van der Waals surface area contributed by atoms with E-state index in [0.29, 0.717) is 0 Å². The van der Waals surface area contributed by atoms with Crippen LogP contribution in [0, 0.1) is 0 Å². The van der Waals surface area contributed by atoms with Crippen LogP contribution in [0.2, 0.25) is 0 Å². The SMILES string of the molecule is CC(=O)C1CN(C(C)(C)C)CCN1C. The second-order valence-electron chi connectivity index (χ2n) is 5.22. The number of hydrogen-bond donors (Lipinski definition) is 0. The number of carbonyl (C=O) groups excluding carboxylic acids is 1. The van der Waals surface area contributed by atoms with Gasteiger partial charge in [0.05, 0.1) is 6.04 Å². The molecule has 1 rings (SSSR count). The first-order valence-corrected chi connectivity index (χ1v) is 5.28. The molecule has 0 spiro atoms. The first-order chi connectivity index (χ1) is 6.32. The van der Waals surface area contributed by atoms with E-state index < -0.39 is 0 Å². The average Bonchev–Trinajstić information content (AvgIpc) is 2.02. The minimum atomic E-state index is 0.0861. The van der Waals surface area contributed by atoms with E-state index >= 15 is 0 Å². The predicted molar refractivity (Wildman–Crippen MR) is 58.4 cm³/mol. The van der Waals surface area contributed by atoms with Gasteiger partial charge in [0, 0.05) is 25.2 Å². The van der Waals surface area contributed by atoms with E-state index in [9.17, 15) is 4.79 Å². The van der Waals surface area contributed by atoms with Crippen LogP contribution in [0.25, 0.3) is 0 Å². The summed E-state index contributed by atoms with van der Waals surface area (Å²) in [6, 6.07) is 0.0861. The number of Topliss-reactive ketones (excluding diaryl/α,β-unsaturated/α-hetero) is 1. The van der Waals surface area contributed by atoms with Crippen molar-refractivity contribution in [2.24, 2.45) is 0 Å². The van der Waals surface area contributed by atoms with E-state index in [0.717, 1.165) is 19.6 Å². The Morgan fingerprint density at radius 2 is 1.86 bits per heavy atom. The van der Waals surface area contributed by atoms with Gasteiger partial charge in [-0.25, -0.2) is 0 Å². The van der Waals surface area contributed by atoms with Crippen LogP contribution in [-0.4, -0.2) is 53.8 Å². The number of likely N-dealkylation sites (N-methyl/N-ethyl adjacent to an activating group) is 1. The number of nitrogens with zero attached hydrogens (tertiary/aromatic N) is 2. The maximum absolute atomic E-state index is 11.4. The smallest absolute Gasteiger partial charge is 0.148 e. The maximum Gasteiger partial charge on any atom is 0.148 e. The summed E-state index contributed by atoms with van der Waals surface area (Å²) < 4.78 is 0. The van der Waals surface area contributed by atoms with Crippen LogP contribution in [0.3, 0.4) is 0 Å². The topological polar surface area (TPSA) is 23.6 Å². The summed E-state index contributed by atoms with van der Waals surface area (Å²) in [5.74, 6) is 0.279. The lowest BCUT2D eigenvalue weighted by Gasteiger charge is -2.44. The van der Waals surface area contributed by atoms with Crippen molar-refractivity contribution in [1.29, 1.82) is 0 Å². The molecule has 0 amide bonds. The molecular weight excluding hydrogens is 176 g/mol. The number of hydrogen-bond acceptors (Lipinski definition) is 3. The van der Waals surface area contributed by atoms with Crippen molar-refractivity contribution >= 4 is 5.78 Å². The Bertz CT molecular complexity index is 220. The normalized spacial score (nSPS) is 26.5. The highest BCUT2D eigenvalue weighted by Crippen LogP contribution is 2.18. The zero-order valence-electron chi connectivity index (χ0n) is 10.0. The first-order valence-electron chi connectivity index (χ1n) is 5.28. The Kier molecular flexibility index (Phi) is 3.32. The molecule has 1 unspecified atom stereocenters. The van der Waals surface area contributed by atoms with Crippen molar-refractivity contribution < 1.29 is 4.79 Å². The highest BCUT2D eigenvalue weighted by molar-refractivity contribution is 5.81. The lowest BCUT2D eigenvalue weighted by molar-refractivity contribution is -0.124. The second kappa shape index (κ2) is 3.99. The average molecular weight is 198 g/mol. The Labute approximate surface area is 87.1 Å². The lowest BCUT2D eigenvalue weighted by atomic mass is 10.0.